The molecule has 0 spiro atoms. The van der Waals surface area contributed by atoms with Crippen molar-refractivity contribution < 1.29 is 63.3 Å². The summed E-state index contributed by atoms with van der Waals surface area (Å²) in [5, 5.41) is 27.7. The van der Waals surface area contributed by atoms with Crippen LogP contribution >= 0.6 is 58.0 Å². The molecule has 0 saturated heterocycles. The minimum absolute atomic E-state index is 0.00271. The minimum Gasteiger partial charge on any atom is -0.481 e. The van der Waals surface area contributed by atoms with E-state index < -0.39 is 47.2 Å². The van der Waals surface area contributed by atoms with Crippen LogP contribution in [0.2, 0.25) is 25.2 Å². The van der Waals surface area contributed by atoms with Gasteiger partial charge in [0.05, 0.1) is 113 Å². The molecule has 716 valence electrons. The lowest BCUT2D eigenvalue weighted by molar-refractivity contribution is -0.192. The van der Waals surface area contributed by atoms with Crippen LogP contribution in [0.3, 0.4) is 0 Å². The van der Waals surface area contributed by atoms with Gasteiger partial charge in [0.15, 0.2) is 16.4 Å². The number of aliphatic carboxylic acids is 2. The second kappa shape index (κ2) is 46.8. The molecule has 4 fully saturated rings. The normalized spacial score (nSPS) is 14.1. The highest BCUT2D eigenvalue weighted by Gasteiger charge is 2.42. The average molecular weight is 1970 g/mol. The number of ether oxygens (including phenoxy) is 2. The van der Waals surface area contributed by atoms with Crippen LogP contribution in [0, 0.1) is 29.6 Å². The number of hydrogen-bond donors (Lipinski definition) is 8. The molecule has 0 radical (unpaired) electrons. The molecule has 4 aliphatic rings. The number of aromatic carboxylic acids is 1. The SMILES string of the molecule is CC(C)(C)OC(=O)C[C@H](C(=O)O)C1CC1.CC(C)(C)OC(=O)C[C@H](c1nc2cccc(Cl)c2c(=O)n1-c1ccccc1)C1CC1.Clc1ncnc2nc[nH]c12.N[C@H](c1nc2cccc(Cl)c2c(=O)n1-c1ccccc1)C1CC1.Nc1cccc(Cl)c1C(=O)O.Nc1ccccc1.O=C(O)C(F)(F)F.O=c1c2c(Cl)cccc2nc([C@@H](Cc2ncnc3nc[nH]c23)C2CC2)n1-c1ccccc1.[2H]CC. The number of carboxylic acids is 3. The fraction of sp³-hybridized carbons (Fsp3) is 0.303. The molecule has 137 heavy (non-hydrogen) atoms. The Morgan fingerprint density at radius 1 is 0.474 bits per heavy atom. The zero-order chi connectivity index (χ0) is 100. The van der Waals surface area contributed by atoms with E-state index in [0.29, 0.717) is 118 Å². The highest BCUT2D eigenvalue weighted by atomic mass is 35.5. The molecule has 0 unspecified atom stereocenters. The van der Waals surface area contributed by atoms with Crippen LogP contribution in [0.1, 0.15) is 172 Å². The van der Waals surface area contributed by atoms with Crippen LogP contribution in [0.25, 0.3) is 72.1 Å². The maximum absolute atomic E-state index is 13.7. The Morgan fingerprint density at radius 3 is 1.21 bits per heavy atom. The number of nitrogens with one attached hydrogen (secondary N) is 2. The lowest BCUT2D eigenvalue weighted by Gasteiger charge is -2.24. The number of H-pyrrole nitrogens is 2. The van der Waals surface area contributed by atoms with Crippen molar-refractivity contribution in [3.05, 3.63) is 304 Å². The van der Waals surface area contributed by atoms with Gasteiger partial charge in [0.25, 0.3) is 16.7 Å². The lowest BCUT2D eigenvalue weighted by Crippen LogP contribution is -2.29. The maximum atomic E-state index is 13.7. The Balaban J connectivity index is 0.000000159. The molecule has 4 saturated carbocycles. The summed E-state index contributed by atoms with van der Waals surface area (Å²) in [7, 11) is 0. The summed E-state index contributed by atoms with van der Waals surface area (Å²) in [6.07, 6.45) is 10.0. The topological polar surface area (TPSA) is 456 Å². The zero-order valence-corrected chi connectivity index (χ0v) is 79.2. The van der Waals surface area contributed by atoms with Crippen molar-refractivity contribution in [3.63, 3.8) is 0 Å². The summed E-state index contributed by atoms with van der Waals surface area (Å²) >= 11 is 30.3. The first-order valence-corrected chi connectivity index (χ1v) is 45.4. The van der Waals surface area contributed by atoms with Crippen LogP contribution < -0.4 is 33.9 Å². The molecular formula is C99H101Cl5F3N17O13. The van der Waals surface area contributed by atoms with E-state index in [1.165, 1.54) is 24.8 Å². The van der Waals surface area contributed by atoms with Gasteiger partial charge in [-0.2, -0.15) is 13.2 Å². The smallest absolute Gasteiger partial charge is 0.481 e. The fourth-order valence-electron chi connectivity index (χ4n) is 14.6. The number of nitrogens with two attached hydrogens (primary N) is 3. The highest BCUT2D eigenvalue weighted by Crippen LogP contribution is 2.47. The number of fused-ring (bicyclic) bond motifs is 5. The molecule has 0 aliphatic heterocycles. The standard InChI is InChI=1S/C24H19ClN6O.C24H25ClN2O3.C18H16ClN3O.C11H18O4.C7H6ClNO2.C6H7N.C5H3ClN4.C2HF3O2.C2H6/c25-17-7-4-8-18-20(17)24(32)31(15-5-2-1-3-6-15)23(30-18)16(14-9-10-14)11-19-21-22(28-12-26-19)29-13-27-21;1-24(2,3)30-20(28)14-17(15-12-13-15)22-26-19-11-7-10-18(25)21(19)23(29)27(22)16-8-5-4-6-9-16;19-13-7-4-8-14-15(13)18(23)22(12-5-2-1-3-6-12)17(21-14)16(20)11-9-10-11;1-11(2,3)15-9(12)6-8(10(13)14)7-4-5-7;8-4-2-1-3-5(9)6(4)7(10)11;7-6-4-2-1-3-5-6;6-4-3-5(9-1-7-3)10-2-8-4;3-2(4,5)1(6)7;1-2/h1-8,12-14,16H,9-11H2,(H,26,27,28,29);4-11,15,17H,12-14H2,1-3H3;1-8,11,16H,9-10,20H2;7-8H,4-6H2,1-3H3,(H,13,14);1-3H,9H2,(H,10,11);1-5H,7H2;1-2H,(H,7,8,9,10);(H,6,7);1-2H3/t16-;17-;16-;8-;;;;;/m0000...../s1/i;;;;;;;;1D. The largest absolute Gasteiger partial charge is 0.490 e. The molecule has 38 heteroatoms. The van der Waals surface area contributed by atoms with Crippen LogP contribution in [0.4, 0.5) is 24.5 Å². The summed E-state index contributed by atoms with van der Waals surface area (Å²) < 4.78 is 53.6. The van der Waals surface area contributed by atoms with E-state index in [-0.39, 0.29) is 75.6 Å². The number of nitrogens with zero attached hydrogens (tertiary/aromatic N) is 12. The van der Waals surface area contributed by atoms with Gasteiger partial charge in [0.1, 0.15) is 57.9 Å². The predicted molar refractivity (Wildman–Crippen MR) is 523 cm³/mol. The number of halogens is 8. The van der Waals surface area contributed by atoms with Crippen molar-refractivity contribution in [2.45, 2.75) is 161 Å². The first kappa shape index (κ1) is 102. The number of anilines is 2. The van der Waals surface area contributed by atoms with E-state index in [9.17, 15) is 46.7 Å². The van der Waals surface area contributed by atoms with Crippen LogP contribution in [0.5, 0.6) is 0 Å². The van der Waals surface area contributed by atoms with Crippen molar-refractivity contribution in [1.29, 1.82) is 0 Å². The number of aromatic amines is 2. The number of alkyl halides is 3. The van der Waals surface area contributed by atoms with Gasteiger partial charge in [0, 0.05) is 31.0 Å². The number of para-hydroxylation sites is 4. The Labute approximate surface area is 810 Å². The minimum atomic E-state index is -5.08. The molecular weight excluding hydrogens is 1870 g/mol. The number of hydrogen-bond acceptors (Lipinski definition) is 22. The van der Waals surface area contributed by atoms with E-state index in [1.807, 2.05) is 154 Å². The zero-order valence-electron chi connectivity index (χ0n) is 76.4. The molecule has 0 bridgehead atoms. The van der Waals surface area contributed by atoms with Gasteiger partial charge in [-0.1, -0.05) is 169 Å². The number of esters is 2. The number of carboxylic acid groups (broad SMARTS) is 3. The molecule has 4 atom stereocenters. The second-order valence-electron chi connectivity index (χ2n) is 34.0. The van der Waals surface area contributed by atoms with Crippen molar-refractivity contribution in [1.82, 2.24) is 68.5 Å². The monoisotopic (exact) mass is 1970 g/mol. The first-order chi connectivity index (χ1) is 65.7. The van der Waals surface area contributed by atoms with Gasteiger partial charge in [-0.25, -0.2) is 54.4 Å². The molecule has 15 aromatic rings. The molecule has 30 nitrogen and oxygen atoms in total. The number of carbonyl (C=O) groups is 5. The van der Waals surface area contributed by atoms with E-state index in [4.69, 9.17) is 116 Å². The third-order valence-corrected chi connectivity index (χ3v) is 23.0. The summed E-state index contributed by atoms with van der Waals surface area (Å²) in [4.78, 5) is 140. The molecule has 0 amide bonds. The Morgan fingerprint density at radius 2 is 0.839 bits per heavy atom. The Bertz CT molecular complexity index is 6950. The summed E-state index contributed by atoms with van der Waals surface area (Å²) in [6, 6.07) is 58.3. The van der Waals surface area contributed by atoms with Crippen molar-refractivity contribution >= 4 is 154 Å². The lowest BCUT2D eigenvalue weighted by atomic mass is 9.95. The molecule has 8 aromatic carbocycles. The van der Waals surface area contributed by atoms with Crippen LogP contribution in [-0.2, 0) is 35.1 Å². The summed E-state index contributed by atoms with van der Waals surface area (Å²) in [5.41, 5.74) is 24.1. The number of carbonyl (C=O) groups excluding carboxylic acids is 2. The third kappa shape index (κ3) is 28.3. The maximum Gasteiger partial charge on any atom is 0.490 e. The average Bonchev–Trinajstić information content (AvgIpc) is 1.55. The molecule has 11 N–H and O–H groups in total. The molecule has 7 aromatic heterocycles. The number of benzene rings is 8. The van der Waals surface area contributed by atoms with E-state index in [0.717, 1.165) is 85.5 Å². The van der Waals surface area contributed by atoms with Crippen molar-refractivity contribution in [3.8, 4) is 17.1 Å². The highest BCUT2D eigenvalue weighted by molar-refractivity contribution is 6.36. The predicted octanol–water partition coefficient (Wildman–Crippen LogP) is 20.5. The number of rotatable bonds is 18. The first-order valence-electron chi connectivity index (χ1n) is 44.2. The second-order valence-corrected chi connectivity index (χ2v) is 36.0. The quantitative estimate of drug-likeness (QED) is 0.0225. The number of nitrogen functional groups attached to an aromatic ring is 2. The van der Waals surface area contributed by atoms with Gasteiger partial charge in [-0.05, 0) is 214 Å². The summed E-state index contributed by atoms with van der Waals surface area (Å²) in [6.45, 7) is 13.2. The molecule has 4 aliphatic carbocycles. The third-order valence-electron chi connectivity index (χ3n) is 21.4. The van der Waals surface area contributed by atoms with Crippen molar-refractivity contribution in [2.75, 3.05) is 11.5 Å². The molecule has 7 heterocycles. The van der Waals surface area contributed by atoms with Crippen LogP contribution in [0.15, 0.2) is 234 Å². The Kier molecular flexibility index (Phi) is 35.0. The van der Waals surface area contributed by atoms with Gasteiger partial charge in [-0.3, -0.25) is 42.5 Å². The van der Waals surface area contributed by atoms with Gasteiger partial charge in [-0.15, -0.1) is 0 Å². The van der Waals surface area contributed by atoms with Crippen LogP contribution in [-0.4, -0.2) is 131 Å². The van der Waals surface area contributed by atoms with Gasteiger partial charge < -0.3 is 52.0 Å². The van der Waals surface area contributed by atoms with E-state index in [1.54, 1.807) is 103 Å². The van der Waals surface area contributed by atoms with E-state index in [2.05, 4.69) is 44.9 Å². The molecule has 19 rings (SSSR count). The van der Waals surface area contributed by atoms with Gasteiger partial charge in [0.2, 0.25) is 0 Å². The van der Waals surface area contributed by atoms with Gasteiger partial charge >= 0.3 is 36.0 Å². The number of aromatic nitrogens is 14. The van der Waals surface area contributed by atoms with Crippen molar-refractivity contribution in [2.24, 2.45) is 35.3 Å². The summed E-state index contributed by atoms with van der Waals surface area (Å²) in [5.74, 6) is -2.92. The number of imidazole rings is 2. The van der Waals surface area contributed by atoms with E-state index >= 15 is 0 Å². The Hall–Kier alpha value is -13.6. The fourth-order valence-corrected chi connectivity index (χ4v) is 15.8.